The fraction of sp³-hybridized carbons (Fsp3) is 0.417. The Morgan fingerprint density at radius 2 is 2.00 bits per heavy atom. The van der Waals surface area contributed by atoms with E-state index in [9.17, 15) is 4.79 Å². The van der Waals surface area contributed by atoms with Crippen molar-refractivity contribution in [3.63, 3.8) is 0 Å². The average Bonchev–Trinajstić information content (AvgIpc) is 2.29. The minimum absolute atomic E-state index is 0.0105. The SMILES string of the molecule is CC[C@H](N)C(=O)N[C@@H](C)c1ccccc1. The van der Waals surface area contributed by atoms with E-state index in [2.05, 4.69) is 5.32 Å². The molecule has 0 heterocycles. The zero-order valence-electron chi connectivity index (χ0n) is 9.23. The van der Waals surface area contributed by atoms with Gasteiger partial charge in [0, 0.05) is 0 Å². The zero-order chi connectivity index (χ0) is 11.3. The number of carbonyl (C=O) groups is 1. The van der Waals surface area contributed by atoms with Crippen molar-refractivity contribution in [2.75, 3.05) is 0 Å². The van der Waals surface area contributed by atoms with Gasteiger partial charge in [-0.05, 0) is 18.9 Å². The molecule has 0 aliphatic carbocycles. The summed E-state index contributed by atoms with van der Waals surface area (Å²) in [6.07, 6.45) is 0.660. The first-order valence-corrected chi connectivity index (χ1v) is 5.26. The van der Waals surface area contributed by atoms with Crippen LogP contribution in [0.4, 0.5) is 0 Å². The predicted molar refractivity (Wildman–Crippen MR) is 61.3 cm³/mol. The van der Waals surface area contributed by atoms with E-state index in [4.69, 9.17) is 5.73 Å². The second-order valence-corrected chi connectivity index (χ2v) is 3.66. The lowest BCUT2D eigenvalue weighted by molar-refractivity contribution is -0.123. The van der Waals surface area contributed by atoms with Gasteiger partial charge in [0.2, 0.25) is 5.91 Å². The maximum Gasteiger partial charge on any atom is 0.237 e. The van der Waals surface area contributed by atoms with Crippen LogP contribution in [-0.4, -0.2) is 11.9 Å². The summed E-state index contributed by atoms with van der Waals surface area (Å²) in [5.41, 5.74) is 6.72. The highest BCUT2D eigenvalue weighted by Crippen LogP contribution is 2.11. The van der Waals surface area contributed by atoms with E-state index in [0.29, 0.717) is 6.42 Å². The summed E-state index contributed by atoms with van der Waals surface area (Å²) in [5.74, 6) is -0.0890. The fourth-order valence-corrected chi connectivity index (χ4v) is 1.33. The van der Waals surface area contributed by atoms with Gasteiger partial charge < -0.3 is 11.1 Å². The molecule has 0 spiro atoms. The van der Waals surface area contributed by atoms with Crippen LogP contribution in [0.25, 0.3) is 0 Å². The molecule has 0 saturated heterocycles. The highest BCUT2D eigenvalue weighted by Gasteiger charge is 2.14. The van der Waals surface area contributed by atoms with Gasteiger partial charge in [-0.3, -0.25) is 4.79 Å². The van der Waals surface area contributed by atoms with Crippen LogP contribution < -0.4 is 11.1 Å². The summed E-state index contributed by atoms with van der Waals surface area (Å²) in [5, 5.41) is 2.88. The van der Waals surface area contributed by atoms with Crippen LogP contribution in [0.5, 0.6) is 0 Å². The average molecular weight is 206 g/mol. The van der Waals surface area contributed by atoms with Gasteiger partial charge in [-0.15, -0.1) is 0 Å². The van der Waals surface area contributed by atoms with Crippen LogP contribution in [0.3, 0.4) is 0 Å². The molecule has 0 radical (unpaired) electrons. The third-order valence-electron chi connectivity index (χ3n) is 2.43. The Morgan fingerprint density at radius 3 is 2.53 bits per heavy atom. The number of nitrogens with two attached hydrogens (primary N) is 1. The predicted octanol–water partition coefficient (Wildman–Crippen LogP) is 1.60. The molecule has 15 heavy (non-hydrogen) atoms. The molecule has 1 aromatic rings. The second-order valence-electron chi connectivity index (χ2n) is 3.66. The lowest BCUT2D eigenvalue weighted by Crippen LogP contribution is -2.41. The summed E-state index contributed by atoms with van der Waals surface area (Å²) >= 11 is 0. The van der Waals surface area contributed by atoms with Gasteiger partial charge in [-0.2, -0.15) is 0 Å². The van der Waals surface area contributed by atoms with Crippen LogP contribution in [0, 0.1) is 0 Å². The van der Waals surface area contributed by atoms with Crippen molar-refractivity contribution in [1.82, 2.24) is 5.32 Å². The van der Waals surface area contributed by atoms with Crippen molar-refractivity contribution in [2.45, 2.75) is 32.4 Å². The first-order valence-electron chi connectivity index (χ1n) is 5.26. The van der Waals surface area contributed by atoms with Gasteiger partial charge >= 0.3 is 0 Å². The molecule has 3 nitrogen and oxygen atoms in total. The Bertz CT molecular complexity index is 311. The van der Waals surface area contributed by atoms with Gasteiger partial charge in [0.25, 0.3) is 0 Å². The largest absolute Gasteiger partial charge is 0.348 e. The number of rotatable bonds is 4. The van der Waals surface area contributed by atoms with Crippen LogP contribution >= 0.6 is 0 Å². The van der Waals surface area contributed by atoms with E-state index in [0.717, 1.165) is 5.56 Å². The lowest BCUT2D eigenvalue weighted by Gasteiger charge is -2.16. The first-order chi connectivity index (χ1) is 7.15. The van der Waals surface area contributed by atoms with Crippen molar-refractivity contribution >= 4 is 5.91 Å². The molecule has 0 fully saturated rings. The Balaban J connectivity index is 2.56. The Kier molecular flexibility index (Phi) is 4.31. The van der Waals surface area contributed by atoms with Crippen LogP contribution in [0.1, 0.15) is 31.9 Å². The van der Waals surface area contributed by atoms with E-state index in [1.807, 2.05) is 44.2 Å². The summed E-state index contributed by atoms with van der Waals surface area (Å²) in [7, 11) is 0. The van der Waals surface area contributed by atoms with Gasteiger partial charge in [-0.25, -0.2) is 0 Å². The van der Waals surface area contributed by atoms with Gasteiger partial charge in [-0.1, -0.05) is 37.3 Å². The van der Waals surface area contributed by atoms with E-state index >= 15 is 0 Å². The monoisotopic (exact) mass is 206 g/mol. The number of carbonyl (C=O) groups excluding carboxylic acids is 1. The summed E-state index contributed by atoms with van der Waals surface area (Å²) in [6, 6.07) is 9.45. The maximum atomic E-state index is 11.5. The summed E-state index contributed by atoms with van der Waals surface area (Å²) in [6.45, 7) is 3.85. The van der Waals surface area contributed by atoms with Crippen molar-refractivity contribution < 1.29 is 4.79 Å². The molecule has 0 aliphatic rings. The third-order valence-corrected chi connectivity index (χ3v) is 2.43. The summed E-state index contributed by atoms with van der Waals surface area (Å²) < 4.78 is 0. The Morgan fingerprint density at radius 1 is 1.40 bits per heavy atom. The maximum absolute atomic E-state index is 11.5. The van der Waals surface area contributed by atoms with Crippen LogP contribution in [-0.2, 0) is 4.79 Å². The van der Waals surface area contributed by atoms with Gasteiger partial charge in [0.05, 0.1) is 12.1 Å². The van der Waals surface area contributed by atoms with Crippen molar-refractivity contribution in [3.05, 3.63) is 35.9 Å². The molecule has 0 aromatic heterocycles. The van der Waals surface area contributed by atoms with E-state index < -0.39 is 6.04 Å². The highest BCUT2D eigenvalue weighted by molar-refractivity contribution is 5.81. The molecule has 1 aromatic carbocycles. The molecule has 2 atom stereocenters. The van der Waals surface area contributed by atoms with E-state index in [1.54, 1.807) is 0 Å². The standard InChI is InChI=1S/C12H18N2O/c1-3-11(13)12(15)14-9(2)10-7-5-4-6-8-10/h4-9,11H,3,13H2,1-2H3,(H,14,15)/t9-,11-/m0/s1. The fourth-order valence-electron chi connectivity index (χ4n) is 1.33. The Hall–Kier alpha value is -1.35. The first kappa shape index (κ1) is 11.7. The molecule has 1 amide bonds. The molecule has 3 N–H and O–H groups in total. The van der Waals surface area contributed by atoms with Crippen molar-refractivity contribution in [1.29, 1.82) is 0 Å². The molecule has 0 unspecified atom stereocenters. The third kappa shape index (κ3) is 3.36. The van der Waals surface area contributed by atoms with Crippen LogP contribution in [0.2, 0.25) is 0 Å². The van der Waals surface area contributed by atoms with Gasteiger partial charge in [0.1, 0.15) is 0 Å². The lowest BCUT2D eigenvalue weighted by atomic mass is 10.1. The number of nitrogens with one attached hydrogen (secondary N) is 1. The topological polar surface area (TPSA) is 55.1 Å². The minimum Gasteiger partial charge on any atom is -0.348 e. The second kappa shape index (κ2) is 5.51. The minimum atomic E-state index is -0.406. The molecule has 0 saturated carbocycles. The van der Waals surface area contributed by atoms with Crippen LogP contribution in [0.15, 0.2) is 30.3 Å². The molecule has 82 valence electrons. The molecule has 1 rings (SSSR count). The normalized spacial score (nSPS) is 14.3. The number of hydrogen-bond donors (Lipinski definition) is 2. The number of amides is 1. The molecular formula is C12H18N2O. The molecule has 0 bridgehead atoms. The van der Waals surface area contributed by atoms with E-state index in [1.165, 1.54) is 0 Å². The summed E-state index contributed by atoms with van der Waals surface area (Å²) in [4.78, 5) is 11.5. The molecule has 0 aliphatic heterocycles. The Labute approximate surface area is 90.7 Å². The number of hydrogen-bond acceptors (Lipinski definition) is 2. The molecular weight excluding hydrogens is 188 g/mol. The van der Waals surface area contributed by atoms with Crippen molar-refractivity contribution in [3.8, 4) is 0 Å². The quantitative estimate of drug-likeness (QED) is 0.786. The van der Waals surface area contributed by atoms with Gasteiger partial charge in [0.15, 0.2) is 0 Å². The van der Waals surface area contributed by atoms with E-state index in [-0.39, 0.29) is 11.9 Å². The zero-order valence-corrected chi connectivity index (χ0v) is 9.23. The highest BCUT2D eigenvalue weighted by atomic mass is 16.2. The number of benzene rings is 1. The smallest absolute Gasteiger partial charge is 0.237 e. The van der Waals surface area contributed by atoms with Crippen molar-refractivity contribution in [2.24, 2.45) is 5.73 Å². The molecule has 3 heteroatoms.